The second-order valence-corrected chi connectivity index (χ2v) is 1.03. The second kappa shape index (κ2) is 4.92. The average Bonchev–Trinajstić information content (AvgIpc) is 1.38. The fourth-order valence-corrected chi connectivity index (χ4v) is 0. The molecule has 0 saturated carbocycles. The third kappa shape index (κ3) is 9.07. The Morgan fingerprint density at radius 1 is 1.67 bits per heavy atom. The van der Waals surface area contributed by atoms with Gasteiger partial charge in [-0.1, -0.05) is 7.43 Å². The van der Waals surface area contributed by atoms with Gasteiger partial charge in [0.05, 0.1) is 12.7 Å². The molecule has 2 heteroatoms. The molecule has 1 atom stereocenters. The molecule has 40 valence electrons. The Morgan fingerprint density at radius 2 is 1.83 bits per heavy atom. The molecular weight excluding hydrogens is 80.0 g/mol. The van der Waals surface area contributed by atoms with E-state index in [-0.39, 0.29) is 14.0 Å². The second-order valence-electron chi connectivity index (χ2n) is 1.03. The number of aliphatic hydroxyl groups excluding tert-OH is 2. The molecular formula is C4H12O2. The molecule has 0 aliphatic rings. The third-order valence-corrected chi connectivity index (χ3v) is 0.264. The van der Waals surface area contributed by atoms with Gasteiger partial charge in [0.1, 0.15) is 0 Å². The third-order valence-electron chi connectivity index (χ3n) is 0.264. The molecule has 0 aromatic rings. The Morgan fingerprint density at radius 3 is 1.83 bits per heavy atom. The van der Waals surface area contributed by atoms with Gasteiger partial charge in [0.25, 0.3) is 0 Å². The van der Waals surface area contributed by atoms with Crippen molar-refractivity contribution < 1.29 is 10.2 Å². The van der Waals surface area contributed by atoms with Crippen molar-refractivity contribution in [2.45, 2.75) is 20.5 Å². The first-order chi connectivity index (χ1) is 2.27. The van der Waals surface area contributed by atoms with E-state index >= 15 is 0 Å². The van der Waals surface area contributed by atoms with E-state index in [1.807, 2.05) is 0 Å². The van der Waals surface area contributed by atoms with Crippen LogP contribution < -0.4 is 0 Å². The SMILES string of the molecule is C.C[C@@H](O)CO. The van der Waals surface area contributed by atoms with Crippen LogP contribution in [0.15, 0.2) is 0 Å². The van der Waals surface area contributed by atoms with Crippen LogP contribution in [0.25, 0.3) is 0 Å². The van der Waals surface area contributed by atoms with Crippen molar-refractivity contribution in [3.05, 3.63) is 0 Å². The average molecular weight is 92.1 g/mol. The molecule has 0 radical (unpaired) electrons. The van der Waals surface area contributed by atoms with Crippen molar-refractivity contribution in [1.82, 2.24) is 0 Å². The maximum absolute atomic E-state index is 8.11. The minimum atomic E-state index is -0.560. The Hall–Kier alpha value is -0.0800. The standard InChI is InChI=1S/C3H8O2.CH4/c1-3(5)2-4;/h3-5H,2H2,1H3;1H4/t3-;/m1./s1. The van der Waals surface area contributed by atoms with Gasteiger partial charge in [-0.25, -0.2) is 0 Å². The predicted octanol–water partition coefficient (Wildman–Crippen LogP) is -0.00440. The highest BCUT2D eigenvalue weighted by Crippen LogP contribution is 1.68. The van der Waals surface area contributed by atoms with Crippen molar-refractivity contribution in [3.63, 3.8) is 0 Å². The van der Waals surface area contributed by atoms with Gasteiger partial charge in [-0.05, 0) is 6.92 Å². The summed E-state index contributed by atoms with van der Waals surface area (Å²) >= 11 is 0. The van der Waals surface area contributed by atoms with E-state index < -0.39 is 6.10 Å². The Kier molecular flexibility index (Phi) is 7.65. The zero-order chi connectivity index (χ0) is 4.28. The molecule has 2 nitrogen and oxygen atoms in total. The first kappa shape index (κ1) is 9.33. The molecule has 0 saturated heterocycles. The summed E-state index contributed by atoms with van der Waals surface area (Å²) in [6.45, 7) is 1.39. The number of hydrogen-bond acceptors (Lipinski definition) is 2. The summed E-state index contributed by atoms with van der Waals surface area (Å²) in [4.78, 5) is 0. The maximum Gasteiger partial charge on any atom is 0.0742 e. The van der Waals surface area contributed by atoms with Crippen molar-refractivity contribution in [1.29, 1.82) is 0 Å². The zero-order valence-corrected chi connectivity index (χ0v) is 3.18. The highest BCUT2D eigenvalue weighted by Gasteiger charge is 1.83. The minimum absolute atomic E-state index is 0. The fraction of sp³-hybridized carbons (Fsp3) is 1.00. The van der Waals surface area contributed by atoms with Crippen LogP contribution in [-0.4, -0.2) is 22.9 Å². The van der Waals surface area contributed by atoms with Gasteiger partial charge in [0.2, 0.25) is 0 Å². The molecule has 0 aromatic heterocycles. The van der Waals surface area contributed by atoms with Crippen LogP contribution in [0.2, 0.25) is 0 Å². The largest absolute Gasteiger partial charge is 0.394 e. The fourth-order valence-electron chi connectivity index (χ4n) is 0. The first-order valence-electron chi connectivity index (χ1n) is 1.56. The topological polar surface area (TPSA) is 40.5 Å². The van der Waals surface area contributed by atoms with Crippen molar-refractivity contribution in [2.24, 2.45) is 0 Å². The van der Waals surface area contributed by atoms with Crippen LogP contribution in [0.1, 0.15) is 14.4 Å². The molecule has 6 heavy (non-hydrogen) atoms. The van der Waals surface area contributed by atoms with Crippen molar-refractivity contribution in [2.75, 3.05) is 6.61 Å². The summed E-state index contributed by atoms with van der Waals surface area (Å²) in [7, 11) is 0. The first-order valence-corrected chi connectivity index (χ1v) is 1.56. The predicted molar refractivity (Wildman–Crippen MR) is 25.5 cm³/mol. The highest BCUT2D eigenvalue weighted by molar-refractivity contribution is 4.33. The molecule has 0 unspecified atom stereocenters. The number of hydrogen-bond donors (Lipinski definition) is 2. The Bertz CT molecular complexity index is 19.5. The maximum atomic E-state index is 8.11. The van der Waals surface area contributed by atoms with Crippen LogP contribution in [0.5, 0.6) is 0 Å². The smallest absolute Gasteiger partial charge is 0.0742 e. The monoisotopic (exact) mass is 92.1 g/mol. The van der Waals surface area contributed by atoms with E-state index in [1.54, 1.807) is 0 Å². The summed E-state index contributed by atoms with van der Waals surface area (Å²) < 4.78 is 0. The normalized spacial score (nSPS) is 12.5. The zero-order valence-electron chi connectivity index (χ0n) is 3.18. The molecule has 0 rings (SSSR count). The number of aliphatic hydroxyl groups is 2. The van der Waals surface area contributed by atoms with E-state index in [1.165, 1.54) is 6.92 Å². The van der Waals surface area contributed by atoms with Gasteiger partial charge in [-0.15, -0.1) is 0 Å². The van der Waals surface area contributed by atoms with Gasteiger partial charge in [-0.3, -0.25) is 0 Å². The lowest BCUT2D eigenvalue weighted by Crippen LogP contribution is -2.03. The highest BCUT2D eigenvalue weighted by atomic mass is 16.3. The number of rotatable bonds is 1. The van der Waals surface area contributed by atoms with Crippen LogP contribution in [0, 0.1) is 0 Å². The Balaban J connectivity index is 0. The molecule has 0 amide bonds. The molecule has 2 N–H and O–H groups in total. The molecule has 0 spiro atoms. The Labute approximate surface area is 38.4 Å². The van der Waals surface area contributed by atoms with Crippen LogP contribution in [0.3, 0.4) is 0 Å². The van der Waals surface area contributed by atoms with Crippen LogP contribution in [-0.2, 0) is 0 Å². The molecule has 0 heterocycles. The van der Waals surface area contributed by atoms with E-state index in [0.717, 1.165) is 0 Å². The summed E-state index contributed by atoms with van der Waals surface area (Å²) in [5.41, 5.74) is 0. The lowest BCUT2D eigenvalue weighted by atomic mass is 10.5. The molecule has 0 bridgehead atoms. The van der Waals surface area contributed by atoms with Gasteiger partial charge in [0, 0.05) is 0 Å². The van der Waals surface area contributed by atoms with Crippen molar-refractivity contribution in [3.8, 4) is 0 Å². The quantitative estimate of drug-likeness (QED) is 0.478. The van der Waals surface area contributed by atoms with Gasteiger partial charge >= 0.3 is 0 Å². The lowest BCUT2D eigenvalue weighted by molar-refractivity contribution is 0.110. The molecule has 0 aromatic carbocycles. The molecule has 0 fully saturated rings. The molecule has 0 aliphatic carbocycles. The van der Waals surface area contributed by atoms with E-state index in [0.29, 0.717) is 0 Å². The van der Waals surface area contributed by atoms with Gasteiger partial charge < -0.3 is 10.2 Å². The van der Waals surface area contributed by atoms with Crippen LogP contribution >= 0.6 is 0 Å². The summed E-state index contributed by atoms with van der Waals surface area (Å²) in [5, 5.41) is 16.0. The van der Waals surface area contributed by atoms with E-state index in [4.69, 9.17) is 10.2 Å². The van der Waals surface area contributed by atoms with Gasteiger partial charge in [0.15, 0.2) is 0 Å². The van der Waals surface area contributed by atoms with Crippen LogP contribution in [0.4, 0.5) is 0 Å². The van der Waals surface area contributed by atoms with Crippen molar-refractivity contribution >= 4 is 0 Å². The van der Waals surface area contributed by atoms with E-state index in [2.05, 4.69) is 0 Å². The summed E-state index contributed by atoms with van der Waals surface area (Å²) in [5.74, 6) is 0. The summed E-state index contributed by atoms with van der Waals surface area (Å²) in [6, 6.07) is 0. The molecule has 0 aliphatic heterocycles. The minimum Gasteiger partial charge on any atom is -0.394 e. The summed E-state index contributed by atoms with van der Waals surface area (Å²) in [6.07, 6.45) is -0.560. The lowest BCUT2D eigenvalue weighted by Gasteiger charge is -1.90. The van der Waals surface area contributed by atoms with Gasteiger partial charge in [-0.2, -0.15) is 0 Å². The van der Waals surface area contributed by atoms with E-state index in [9.17, 15) is 0 Å².